The van der Waals surface area contributed by atoms with Crippen molar-refractivity contribution in [3.05, 3.63) is 46.5 Å². The van der Waals surface area contributed by atoms with Gasteiger partial charge in [-0.1, -0.05) is 6.07 Å². The molecule has 0 unspecified atom stereocenters. The number of urea groups is 1. The molecule has 0 spiro atoms. The summed E-state index contributed by atoms with van der Waals surface area (Å²) in [5, 5.41) is 10.3. The molecule has 0 aromatic carbocycles. The van der Waals surface area contributed by atoms with E-state index >= 15 is 0 Å². The molecule has 0 aliphatic rings. The van der Waals surface area contributed by atoms with Crippen molar-refractivity contribution >= 4 is 6.03 Å². The van der Waals surface area contributed by atoms with E-state index in [-0.39, 0.29) is 12.1 Å². The first kappa shape index (κ1) is 18.0. The number of aromatic nitrogens is 3. The van der Waals surface area contributed by atoms with Gasteiger partial charge in [0.25, 0.3) is 0 Å². The summed E-state index contributed by atoms with van der Waals surface area (Å²) in [7, 11) is 1.94. The molecule has 0 aliphatic heterocycles. The summed E-state index contributed by atoms with van der Waals surface area (Å²) >= 11 is 0. The van der Waals surface area contributed by atoms with Crippen LogP contribution in [0.4, 0.5) is 4.79 Å². The number of carbonyl (C=O) groups is 1. The van der Waals surface area contributed by atoms with Crippen LogP contribution in [-0.4, -0.2) is 33.4 Å². The Bertz CT molecular complexity index is 690. The second kappa shape index (κ2) is 7.95. The highest BCUT2D eigenvalue weighted by molar-refractivity contribution is 5.74. The van der Waals surface area contributed by atoms with Gasteiger partial charge in [-0.25, -0.2) is 4.79 Å². The topological polar surface area (TPSA) is 71.8 Å². The summed E-state index contributed by atoms with van der Waals surface area (Å²) in [5.74, 6) is 0. The average Bonchev–Trinajstić information content (AvgIpc) is 2.75. The first-order chi connectivity index (χ1) is 11.4. The van der Waals surface area contributed by atoms with Crippen molar-refractivity contribution < 1.29 is 4.79 Å². The SMILES string of the molecule is Cc1ccc(CCNC(=O)N[C@@H](C)Cc2c(C)nn(C)c2C)cn1. The maximum absolute atomic E-state index is 12.0. The van der Waals surface area contributed by atoms with Crippen LogP contribution in [0.25, 0.3) is 0 Å². The monoisotopic (exact) mass is 329 g/mol. The summed E-state index contributed by atoms with van der Waals surface area (Å²) in [6.07, 6.45) is 3.40. The number of carbonyl (C=O) groups excluding carboxylic acids is 1. The highest BCUT2D eigenvalue weighted by Gasteiger charge is 2.14. The Hall–Kier alpha value is -2.37. The molecule has 2 aromatic rings. The number of hydrogen-bond acceptors (Lipinski definition) is 3. The van der Waals surface area contributed by atoms with Gasteiger partial charge in [0.05, 0.1) is 5.69 Å². The minimum absolute atomic E-state index is 0.0487. The molecule has 0 saturated heterocycles. The van der Waals surface area contributed by atoms with Crippen molar-refractivity contribution in [2.75, 3.05) is 6.54 Å². The Morgan fingerprint density at radius 2 is 2.04 bits per heavy atom. The number of nitrogens with zero attached hydrogens (tertiary/aromatic N) is 3. The molecule has 6 nitrogen and oxygen atoms in total. The van der Waals surface area contributed by atoms with Crippen LogP contribution in [0.5, 0.6) is 0 Å². The van der Waals surface area contributed by atoms with Gasteiger partial charge in [0.2, 0.25) is 0 Å². The molecule has 0 fully saturated rings. The van der Waals surface area contributed by atoms with Gasteiger partial charge in [0.15, 0.2) is 0 Å². The van der Waals surface area contributed by atoms with E-state index in [1.54, 1.807) is 0 Å². The van der Waals surface area contributed by atoms with E-state index in [1.807, 2.05) is 50.8 Å². The number of rotatable bonds is 6. The first-order valence-electron chi connectivity index (χ1n) is 8.31. The number of nitrogens with one attached hydrogen (secondary N) is 2. The summed E-state index contributed by atoms with van der Waals surface area (Å²) in [4.78, 5) is 16.3. The Labute approximate surface area is 143 Å². The zero-order valence-electron chi connectivity index (χ0n) is 15.2. The predicted molar refractivity (Wildman–Crippen MR) is 95.1 cm³/mol. The van der Waals surface area contributed by atoms with E-state index in [2.05, 4.69) is 27.6 Å². The van der Waals surface area contributed by atoms with Crippen LogP contribution in [0.1, 0.15) is 35.1 Å². The number of hydrogen-bond donors (Lipinski definition) is 2. The lowest BCUT2D eigenvalue weighted by atomic mass is 10.1. The van der Waals surface area contributed by atoms with Crippen molar-refractivity contribution in [3.63, 3.8) is 0 Å². The van der Waals surface area contributed by atoms with Crippen LogP contribution < -0.4 is 10.6 Å². The van der Waals surface area contributed by atoms with E-state index in [9.17, 15) is 4.79 Å². The van der Waals surface area contributed by atoms with Crippen LogP contribution in [0.2, 0.25) is 0 Å². The molecule has 2 heterocycles. The van der Waals surface area contributed by atoms with Gasteiger partial charge in [-0.3, -0.25) is 9.67 Å². The van der Waals surface area contributed by atoms with Gasteiger partial charge >= 0.3 is 6.03 Å². The van der Waals surface area contributed by atoms with Crippen molar-refractivity contribution in [1.82, 2.24) is 25.4 Å². The van der Waals surface area contributed by atoms with Crippen molar-refractivity contribution in [1.29, 1.82) is 0 Å². The number of aryl methyl sites for hydroxylation is 3. The molecule has 1 atom stereocenters. The first-order valence-corrected chi connectivity index (χ1v) is 8.31. The average molecular weight is 329 g/mol. The normalized spacial score (nSPS) is 12.0. The van der Waals surface area contributed by atoms with Gasteiger partial charge in [-0.2, -0.15) is 5.10 Å². The quantitative estimate of drug-likeness (QED) is 0.853. The van der Waals surface area contributed by atoms with Crippen LogP contribution in [0.3, 0.4) is 0 Å². The van der Waals surface area contributed by atoms with Crippen LogP contribution in [-0.2, 0) is 19.9 Å². The fourth-order valence-corrected chi connectivity index (χ4v) is 2.71. The van der Waals surface area contributed by atoms with E-state index in [0.717, 1.165) is 35.5 Å². The van der Waals surface area contributed by atoms with Gasteiger partial charge in [0.1, 0.15) is 0 Å². The standard InChI is InChI=1S/C18H27N5O/c1-12-6-7-16(11-20-12)8-9-19-18(24)21-13(2)10-17-14(3)22-23(5)15(17)4/h6-7,11,13H,8-10H2,1-5H3,(H2,19,21,24)/t13-/m0/s1. The zero-order chi connectivity index (χ0) is 17.7. The third-order valence-corrected chi connectivity index (χ3v) is 4.22. The second-order valence-corrected chi connectivity index (χ2v) is 6.34. The summed E-state index contributed by atoms with van der Waals surface area (Å²) < 4.78 is 1.88. The molecule has 24 heavy (non-hydrogen) atoms. The molecule has 6 heteroatoms. The second-order valence-electron chi connectivity index (χ2n) is 6.34. The smallest absolute Gasteiger partial charge is 0.315 e. The molecule has 0 radical (unpaired) electrons. The van der Waals surface area contributed by atoms with E-state index in [0.29, 0.717) is 6.54 Å². The summed E-state index contributed by atoms with van der Waals surface area (Å²) in [6.45, 7) is 8.62. The van der Waals surface area contributed by atoms with Gasteiger partial charge in [-0.15, -0.1) is 0 Å². The van der Waals surface area contributed by atoms with Gasteiger partial charge in [0, 0.05) is 37.2 Å². The van der Waals surface area contributed by atoms with Crippen molar-refractivity contribution in [2.24, 2.45) is 7.05 Å². The van der Waals surface area contributed by atoms with Crippen molar-refractivity contribution in [3.8, 4) is 0 Å². The molecule has 130 valence electrons. The molecule has 2 N–H and O–H groups in total. The Morgan fingerprint density at radius 1 is 1.29 bits per heavy atom. The van der Waals surface area contributed by atoms with Crippen LogP contribution in [0.15, 0.2) is 18.3 Å². The predicted octanol–water partition coefficient (Wildman–Crippen LogP) is 2.21. The van der Waals surface area contributed by atoms with Gasteiger partial charge in [-0.05, 0) is 57.7 Å². The van der Waals surface area contributed by atoms with E-state index in [1.165, 1.54) is 5.56 Å². The third-order valence-electron chi connectivity index (χ3n) is 4.22. The highest BCUT2D eigenvalue weighted by Crippen LogP contribution is 2.14. The lowest BCUT2D eigenvalue weighted by molar-refractivity contribution is 0.238. The largest absolute Gasteiger partial charge is 0.338 e. The molecular formula is C18H27N5O. The molecule has 0 bridgehead atoms. The van der Waals surface area contributed by atoms with E-state index in [4.69, 9.17) is 0 Å². The molecule has 0 aliphatic carbocycles. The fraction of sp³-hybridized carbons (Fsp3) is 0.500. The highest BCUT2D eigenvalue weighted by atomic mass is 16.2. The fourth-order valence-electron chi connectivity index (χ4n) is 2.71. The summed E-state index contributed by atoms with van der Waals surface area (Å²) in [5.41, 5.74) is 5.50. The van der Waals surface area contributed by atoms with Crippen LogP contribution >= 0.6 is 0 Å². The lowest BCUT2D eigenvalue weighted by Crippen LogP contribution is -2.42. The molecule has 2 amide bonds. The Kier molecular flexibility index (Phi) is 5.95. The molecule has 2 aromatic heterocycles. The Balaban J connectivity index is 1.76. The maximum atomic E-state index is 12.0. The Morgan fingerprint density at radius 3 is 2.62 bits per heavy atom. The minimum Gasteiger partial charge on any atom is -0.338 e. The minimum atomic E-state index is -0.137. The lowest BCUT2D eigenvalue weighted by Gasteiger charge is -2.15. The maximum Gasteiger partial charge on any atom is 0.315 e. The van der Waals surface area contributed by atoms with Crippen molar-refractivity contribution in [2.45, 2.75) is 46.6 Å². The molecular weight excluding hydrogens is 302 g/mol. The third kappa shape index (κ3) is 4.81. The van der Waals surface area contributed by atoms with Crippen LogP contribution in [0, 0.1) is 20.8 Å². The zero-order valence-corrected chi connectivity index (χ0v) is 15.2. The molecule has 0 saturated carbocycles. The molecule has 2 rings (SSSR count). The van der Waals surface area contributed by atoms with Gasteiger partial charge < -0.3 is 10.6 Å². The number of pyridine rings is 1. The summed E-state index contributed by atoms with van der Waals surface area (Å²) in [6, 6.07) is 3.93. The van der Waals surface area contributed by atoms with E-state index < -0.39 is 0 Å². The number of amides is 2.